The molecule has 2 aliphatic rings. The fraction of sp³-hybridized carbons (Fsp3) is 0.391. The van der Waals surface area contributed by atoms with Crippen molar-refractivity contribution in [2.24, 2.45) is 0 Å². The van der Waals surface area contributed by atoms with Gasteiger partial charge in [0.2, 0.25) is 0 Å². The second-order valence-corrected chi connectivity index (χ2v) is 20.0. The third-order valence-electron chi connectivity index (χ3n) is 9.64. The fourth-order valence-corrected chi connectivity index (χ4v) is 14.1. The minimum atomic E-state index is 0.719. The molecule has 280 valence electrons. The van der Waals surface area contributed by atoms with Crippen LogP contribution in [0.2, 0.25) is 0 Å². The number of benzene rings is 4. The maximum atomic E-state index is 2.64. The van der Waals surface area contributed by atoms with Crippen LogP contribution in [-0.4, -0.2) is 28.3 Å². The summed E-state index contributed by atoms with van der Waals surface area (Å²) in [5, 5.41) is 0. The molecule has 1 spiro atoms. The van der Waals surface area contributed by atoms with Gasteiger partial charge in [0.1, 0.15) is 0 Å². The van der Waals surface area contributed by atoms with E-state index in [1.807, 2.05) is 47.8 Å². The van der Waals surface area contributed by atoms with E-state index in [0.29, 0.717) is 0 Å². The molecular formula is C46H58N3S4+. The van der Waals surface area contributed by atoms with Crippen molar-refractivity contribution in [1.82, 2.24) is 0 Å². The lowest BCUT2D eigenvalue weighted by atomic mass is 10.0. The van der Waals surface area contributed by atoms with Gasteiger partial charge in [-0.15, -0.1) is 0 Å². The maximum absolute atomic E-state index is 2.64. The monoisotopic (exact) mass is 780 g/mol. The number of hydrogen-bond donors (Lipinski definition) is 0. The van der Waals surface area contributed by atoms with Crippen molar-refractivity contribution in [3.63, 3.8) is 0 Å². The van der Waals surface area contributed by atoms with E-state index in [4.69, 9.17) is 0 Å². The molecule has 2 aliphatic heterocycles. The Bertz CT molecular complexity index is 1720. The van der Waals surface area contributed by atoms with Gasteiger partial charge in [-0.1, -0.05) is 129 Å². The molecule has 0 atom stereocenters. The van der Waals surface area contributed by atoms with Gasteiger partial charge < -0.3 is 9.80 Å². The first-order valence-corrected chi connectivity index (χ1v) is 23.1. The molecule has 4 aromatic carbocycles. The van der Waals surface area contributed by atoms with Crippen LogP contribution in [0.15, 0.2) is 97.1 Å². The van der Waals surface area contributed by atoms with E-state index in [1.165, 1.54) is 64.4 Å². The molecule has 4 aromatic rings. The molecule has 0 saturated carbocycles. The van der Waals surface area contributed by atoms with Crippen LogP contribution in [0.1, 0.15) is 113 Å². The van der Waals surface area contributed by atoms with Crippen molar-refractivity contribution in [2.45, 2.75) is 92.9 Å². The number of aryl methyl sites for hydroxylation is 2. The molecule has 0 radical (unpaired) electrons. The Kier molecular flexibility index (Phi) is 14.5. The minimum Gasteiger partial charge on any atom is -0.371 e. The van der Waals surface area contributed by atoms with Gasteiger partial charge in [-0.25, -0.2) is 0 Å². The number of hydrogen-bond acceptors (Lipinski definition) is 6. The summed E-state index contributed by atoms with van der Waals surface area (Å²) in [6.07, 6.45) is 9.01. The summed E-state index contributed by atoms with van der Waals surface area (Å²) in [5.74, 6) is 0. The highest BCUT2D eigenvalue weighted by atomic mass is 32.3. The van der Waals surface area contributed by atoms with Gasteiger partial charge in [-0.05, 0) is 85.0 Å². The van der Waals surface area contributed by atoms with Crippen molar-refractivity contribution in [2.75, 3.05) is 36.0 Å². The van der Waals surface area contributed by atoms with E-state index >= 15 is 0 Å². The van der Waals surface area contributed by atoms with E-state index in [-0.39, 0.29) is 0 Å². The molecule has 2 heterocycles. The average molecular weight is 781 g/mol. The average Bonchev–Trinajstić information content (AvgIpc) is 3.75. The lowest BCUT2D eigenvalue weighted by Crippen LogP contribution is -2.26. The van der Waals surface area contributed by atoms with Gasteiger partial charge in [0.15, 0.2) is 47.8 Å². The number of nitrogens with zero attached hydrogens (tertiary/aromatic N) is 3. The molecule has 0 N–H and O–H groups in total. The predicted octanol–water partition coefficient (Wildman–Crippen LogP) is 14.6. The molecule has 53 heavy (non-hydrogen) atoms. The second kappa shape index (κ2) is 19.3. The highest BCUT2D eigenvalue weighted by Gasteiger charge is 2.55. The standard InChI is InChI=1S/C46H58N3S4/c1-7-19-35-25-27-41(47(29-9-3)30-10-4)39(33-35)45-43(37-21-15-13-16-22-37)50-49(52-45)51-44(38-23-17-14-18-24-38)46(53-49)40-34-36(20-8-2)26-28-42(40)48(31-11-5)32-12-6/h13-18,21-28,33-34H,7-12,19-20,29-32H2,1-6H3/q+1. The summed E-state index contributed by atoms with van der Waals surface area (Å²) < 4.78 is 0.719. The largest absolute Gasteiger partial charge is 0.371 e. The van der Waals surface area contributed by atoms with Gasteiger partial charge >= 0.3 is 0 Å². The quantitative estimate of drug-likeness (QED) is 0.0728. The smallest absolute Gasteiger partial charge is 0.154 e. The highest BCUT2D eigenvalue weighted by molar-refractivity contribution is 8.40. The predicted molar refractivity (Wildman–Crippen MR) is 244 cm³/mol. The van der Waals surface area contributed by atoms with Gasteiger partial charge in [0.05, 0.1) is 19.6 Å². The molecule has 0 unspecified atom stereocenters. The van der Waals surface area contributed by atoms with Crippen LogP contribution >= 0.6 is 47.8 Å². The van der Waals surface area contributed by atoms with E-state index in [0.717, 1.165) is 79.6 Å². The van der Waals surface area contributed by atoms with Gasteiger partial charge in [0, 0.05) is 48.7 Å². The van der Waals surface area contributed by atoms with E-state index in [9.17, 15) is 0 Å². The molecule has 3 nitrogen and oxygen atoms in total. The van der Waals surface area contributed by atoms with Crippen LogP contribution < -0.4 is 9.80 Å². The summed E-state index contributed by atoms with van der Waals surface area (Å²) in [6, 6.07) is 37.0. The lowest BCUT2D eigenvalue weighted by molar-refractivity contribution is -0.262. The molecule has 0 saturated heterocycles. The summed E-state index contributed by atoms with van der Waals surface area (Å²) in [6.45, 7) is 18.1. The topological polar surface area (TPSA) is 6.48 Å². The third-order valence-corrected chi connectivity index (χ3v) is 15.9. The van der Waals surface area contributed by atoms with Crippen molar-refractivity contribution in [3.8, 4) is 0 Å². The second-order valence-electron chi connectivity index (χ2n) is 14.0. The highest BCUT2D eigenvalue weighted by Crippen LogP contribution is 2.76. The van der Waals surface area contributed by atoms with Gasteiger partial charge in [-0.3, -0.25) is 0 Å². The first kappa shape index (κ1) is 40.0. The van der Waals surface area contributed by atoms with Crippen molar-refractivity contribution < 1.29 is 2.10 Å². The summed E-state index contributed by atoms with van der Waals surface area (Å²) in [5.41, 5.74) is 11.0. The zero-order chi connectivity index (χ0) is 37.2. The molecule has 0 aliphatic carbocycles. The zero-order valence-electron chi connectivity index (χ0n) is 32.7. The fourth-order valence-electron chi connectivity index (χ4n) is 7.37. The van der Waals surface area contributed by atoms with E-state index in [1.54, 1.807) is 0 Å². The Morgan fingerprint density at radius 2 is 0.774 bits per heavy atom. The normalized spacial score (nSPS) is 15.2. The molecule has 0 bridgehead atoms. The summed E-state index contributed by atoms with van der Waals surface area (Å²) >= 11 is 8.13. The summed E-state index contributed by atoms with van der Waals surface area (Å²) in [7, 11) is 0. The summed E-state index contributed by atoms with van der Waals surface area (Å²) in [4.78, 5) is 10.8. The first-order chi connectivity index (χ1) is 26.0. The number of quaternary nitrogens is 1. The third kappa shape index (κ3) is 9.24. The number of rotatable bonds is 18. The van der Waals surface area contributed by atoms with Gasteiger partial charge in [-0.2, -0.15) is 0 Å². The zero-order valence-corrected chi connectivity index (χ0v) is 36.0. The first-order valence-electron chi connectivity index (χ1n) is 20.0. The number of anilines is 2. The Morgan fingerprint density at radius 1 is 0.415 bits per heavy atom. The van der Waals surface area contributed by atoms with Crippen LogP contribution in [0.4, 0.5) is 11.4 Å². The Morgan fingerprint density at radius 3 is 1.11 bits per heavy atom. The molecular weight excluding hydrogens is 723 g/mol. The Labute approximate surface area is 338 Å². The van der Waals surface area contributed by atoms with E-state index < -0.39 is 0 Å². The maximum Gasteiger partial charge on any atom is 0.154 e. The van der Waals surface area contributed by atoms with Crippen molar-refractivity contribution in [3.05, 3.63) is 130 Å². The Hall–Kier alpha value is -2.68. The molecule has 0 amide bonds. The molecule has 0 aromatic heterocycles. The molecule has 7 heteroatoms. The van der Waals surface area contributed by atoms with Crippen molar-refractivity contribution in [1.29, 1.82) is 0 Å². The van der Waals surface area contributed by atoms with Gasteiger partial charge in [0.25, 0.3) is 0 Å². The van der Waals surface area contributed by atoms with Crippen molar-refractivity contribution >= 4 is 78.8 Å². The molecule has 0 fully saturated rings. The van der Waals surface area contributed by atoms with Crippen LogP contribution in [0.25, 0.3) is 19.6 Å². The van der Waals surface area contributed by atoms with E-state index in [2.05, 4.69) is 148 Å². The SMILES string of the molecule is CCCc1ccc(N(CCC)CCC)c(C2=C(c3ccccc3)S[N+]3(SC(c4ccccc4)=C(c4cc(CCC)ccc4N(CCC)CCC)S3)S2)c1. The van der Waals surface area contributed by atoms with Crippen LogP contribution in [-0.2, 0) is 12.8 Å². The minimum absolute atomic E-state index is 0.719. The van der Waals surface area contributed by atoms with Crippen LogP contribution in [0, 0.1) is 0 Å². The van der Waals surface area contributed by atoms with Crippen LogP contribution in [0.5, 0.6) is 0 Å². The van der Waals surface area contributed by atoms with Crippen LogP contribution in [0.3, 0.4) is 0 Å². The molecule has 6 rings (SSSR count). The lowest BCUT2D eigenvalue weighted by Gasteiger charge is -2.27. The Balaban J connectivity index is 1.52.